The number of ether oxygens (including phenoxy) is 2. The molecule has 0 radical (unpaired) electrons. The molecule has 0 bridgehead atoms. The average molecular weight is 488 g/mol. The maximum atomic E-state index is 13.4. The van der Waals surface area contributed by atoms with Crippen molar-refractivity contribution in [2.45, 2.75) is 19.0 Å². The molecule has 1 atom stereocenters. The topological polar surface area (TPSA) is 105 Å². The van der Waals surface area contributed by atoms with Crippen LogP contribution in [-0.4, -0.2) is 49.0 Å². The van der Waals surface area contributed by atoms with Gasteiger partial charge in [0.2, 0.25) is 5.91 Å². The molecule has 0 aliphatic carbocycles. The lowest BCUT2D eigenvalue weighted by molar-refractivity contribution is -0.124. The number of nitrogens with one attached hydrogen (secondary N) is 1. The molecule has 36 heavy (non-hydrogen) atoms. The number of carbonyl (C=O) groups excluding carboxylic acids is 4. The van der Waals surface area contributed by atoms with Crippen molar-refractivity contribution >= 4 is 35.2 Å². The number of nitrogens with zero attached hydrogens (tertiary/aromatic N) is 2. The molecule has 9 heteroatoms. The van der Waals surface area contributed by atoms with Gasteiger partial charge in [-0.3, -0.25) is 9.59 Å². The van der Waals surface area contributed by atoms with Crippen molar-refractivity contribution in [1.29, 1.82) is 0 Å². The molecule has 1 saturated heterocycles. The quantitative estimate of drug-likeness (QED) is 0.382. The van der Waals surface area contributed by atoms with Crippen molar-refractivity contribution in [1.82, 2.24) is 4.90 Å². The minimum Gasteiger partial charge on any atom is -0.497 e. The fourth-order valence-electron chi connectivity index (χ4n) is 3.95. The Hall–Kier alpha value is -4.66. The van der Waals surface area contributed by atoms with Crippen LogP contribution in [0.3, 0.4) is 0 Å². The van der Waals surface area contributed by atoms with E-state index in [0.29, 0.717) is 22.7 Å². The summed E-state index contributed by atoms with van der Waals surface area (Å²) >= 11 is 0. The van der Waals surface area contributed by atoms with Gasteiger partial charge in [0.1, 0.15) is 11.8 Å². The van der Waals surface area contributed by atoms with Crippen LogP contribution in [0.4, 0.5) is 16.2 Å². The number of hydrogen-bond donors (Lipinski definition) is 1. The SMILES string of the molecule is COC(=O)c1ccc(NC(=O)C[C@@H]2C(=O)N(c3ccccc3)C(=O)N2Cc2ccc(OC)cc2)cc1. The van der Waals surface area contributed by atoms with Crippen molar-refractivity contribution < 1.29 is 28.7 Å². The van der Waals surface area contributed by atoms with E-state index in [1.54, 1.807) is 61.7 Å². The monoisotopic (exact) mass is 487 g/mol. The van der Waals surface area contributed by atoms with Crippen LogP contribution in [0.5, 0.6) is 5.75 Å². The first-order chi connectivity index (χ1) is 17.4. The van der Waals surface area contributed by atoms with Crippen molar-refractivity contribution in [3.05, 3.63) is 90.0 Å². The number of methoxy groups -OCH3 is 2. The number of imide groups is 1. The van der Waals surface area contributed by atoms with Gasteiger partial charge < -0.3 is 19.7 Å². The summed E-state index contributed by atoms with van der Waals surface area (Å²) < 4.78 is 9.86. The van der Waals surface area contributed by atoms with Crippen LogP contribution in [0.2, 0.25) is 0 Å². The Morgan fingerprint density at radius 3 is 2.17 bits per heavy atom. The Morgan fingerprint density at radius 1 is 0.889 bits per heavy atom. The standard InChI is InChI=1S/C27H25N3O6/c1-35-22-14-8-18(9-15-22)17-29-23(25(32)30(27(29)34)21-6-4-3-5-7-21)16-24(31)28-20-12-10-19(11-13-20)26(33)36-2/h3-15,23H,16-17H2,1-2H3,(H,28,31)/t23-/m1/s1. The summed E-state index contributed by atoms with van der Waals surface area (Å²) in [7, 11) is 2.85. The first-order valence-electron chi connectivity index (χ1n) is 11.2. The zero-order chi connectivity index (χ0) is 25.7. The second-order valence-corrected chi connectivity index (χ2v) is 8.10. The highest BCUT2D eigenvalue weighted by atomic mass is 16.5. The maximum absolute atomic E-state index is 13.4. The zero-order valence-corrected chi connectivity index (χ0v) is 19.8. The third kappa shape index (κ3) is 5.20. The number of carbonyl (C=O) groups is 4. The third-order valence-electron chi connectivity index (χ3n) is 5.81. The van der Waals surface area contributed by atoms with Gasteiger partial charge in [0.25, 0.3) is 5.91 Å². The van der Waals surface area contributed by atoms with Gasteiger partial charge in [0.15, 0.2) is 0 Å². The molecular formula is C27H25N3O6. The second-order valence-electron chi connectivity index (χ2n) is 8.10. The molecule has 1 heterocycles. The van der Waals surface area contributed by atoms with Crippen LogP contribution in [0.15, 0.2) is 78.9 Å². The molecule has 1 aliphatic heterocycles. The van der Waals surface area contributed by atoms with E-state index in [0.717, 1.165) is 10.5 Å². The minimum atomic E-state index is -0.992. The van der Waals surface area contributed by atoms with E-state index in [4.69, 9.17) is 4.74 Å². The maximum Gasteiger partial charge on any atom is 0.337 e. The Balaban J connectivity index is 1.55. The Kier molecular flexibility index (Phi) is 7.29. The van der Waals surface area contributed by atoms with Crippen molar-refractivity contribution in [2.24, 2.45) is 0 Å². The summed E-state index contributed by atoms with van der Waals surface area (Å²) in [6, 6.07) is 20.5. The van der Waals surface area contributed by atoms with E-state index in [1.165, 1.54) is 24.1 Å². The van der Waals surface area contributed by atoms with Gasteiger partial charge in [-0.15, -0.1) is 0 Å². The molecule has 0 saturated carbocycles. The van der Waals surface area contributed by atoms with Gasteiger partial charge in [-0.05, 0) is 54.1 Å². The van der Waals surface area contributed by atoms with Gasteiger partial charge in [-0.25, -0.2) is 14.5 Å². The molecule has 0 aromatic heterocycles. The van der Waals surface area contributed by atoms with Crippen molar-refractivity contribution in [2.75, 3.05) is 24.4 Å². The number of anilines is 2. The number of benzene rings is 3. The fourth-order valence-corrected chi connectivity index (χ4v) is 3.95. The van der Waals surface area contributed by atoms with Crippen molar-refractivity contribution in [3.63, 3.8) is 0 Å². The van der Waals surface area contributed by atoms with Crippen LogP contribution in [0.25, 0.3) is 0 Å². The van der Waals surface area contributed by atoms with Gasteiger partial charge in [-0.2, -0.15) is 0 Å². The molecule has 1 aliphatic rings. The highest BCUT2D eigenvalue weighted by Crippen LogP contribution is 2.29. The van der Waals surface area contributed by atoms with Gasteiger partial charge in [0, 0.05) is 12.2 Å². The van der Waals surface area contributed by atoms with E-state index in [9.17, 15) is 19.2 Å². The molecule has 0 unspecified atom stereocenters. The minimum absolute atomic E-state index is 0.143. The molecule has 4 rings (SSSR count). The highest BCUT2D eigenvalue weighted by Gasteiger charge is 2.46. The van der Waals surface area contributed by atoms with Crippen LogP contribution in [0.1, 0.15) is 22.3 Å². The van der Waals surface area contributed by atoms with Gasteiger partial charge in [0.05, 0.1) is 31.9 Å². The number of urea groups is 1. The Bertz CT molecular complexity index is 1260. The van der Waals surface area contributed by atoms with Crippen LogP contribution in [0, 0.1) is 0 Å². The number of hydrogen-bond acceptors (Lipinski definition) is 6. The number of para-hydroxylation sites is 1. The highest BCUT2D eigenvalue weighted by molar-refractivity contribution is 6.22. The lowest BCUT2D eigenvalue weighted by Crippen LogP contribution is -2.37. The molecule has 184 valence electrons. The first-order valence-corrected chi connectivity index (χ1v) is 11.2. The smallest absolute Gasteiger partial charge is 0.337 e. The van der Waals surface area contributed by atoms with Gasteiger partial charge >= 0.3 is 12.0 Å². The molecule has 3 aromatic carbocycles. The van der Waals surface area contributed by atoms with Crippen molar-refractivity contribution in [3.8, 4) is 5.75 Å². The van der Waals surface area contributed by atoms with Crippen LogP contribution >= 0.6 is 0 Å². The second kappa shape index (κ2) is 10.7. The van der Waals surface area contributed by atoms with E-state index in [1.807, 2.05) is 12.1 Å². The lowest BCUT2D eigenvalue weighted by Gasteiger charge is -2.22. The van der Waals surface area contributed by atoms with E-state index < -0.39 is 29.9 Å². The Labute approximate surface area is 208 Å². The summed E-state index contributed by atoms with van der Waals surface area (Å²) in [6.45, 7) is 0.143. The summed E-state index contributed by atoms with van der Waals surface area (Å²) in [5.41, 5.74) is 2.02. The third-order valence-corrected chi connectivity index (χ3v) is 5.81. The molecule has 1 N–H and O–H groups in total. The predicted octanol–water partition coefficient (Wildman–Crippen LogP) is 3.85. The van der Waals surface area contributed by atoms with Crippen LogP contribution < -0.4 is 15.0 Å². The lowest BCUT2D eigenvalue weighted by atomic mass is 10.1. The summed E-state index contributed by atoms with van der Waals surface area (Å²) in [6.07, 6.45) is -0.233. The van der Waals surface area contributed by atoms with Gasteiger partial charge in [-0.1, -0.05) is 30.3 Å². The number of rotatable bonds is 8. The summed E-state index contributed by atoms with van der Waals surface area (Å²) in [5.74, 6) is -0.738. The largest absolute Gasteiger partial charge is 0.497 e. The summed E-state index contributed by atoms with van der Waals surface area (Å²) in [4.78, 5) is 53.7. The molecule has 9 nitrogen and oxygen atoms in total. The average Bonchev–Trinajstić information content (AvgIpc) is 3.13. The molecular weight excluding hydrogens is 462 g/mol. The van der Waals surface area contributed by atoms with E-state index >= 15 is 0 Å². The Morgan fingerprint density at radius 2 is 1.56 bits per heavy atom. The molecule has 4 amide bonds. The number of amides is 4. The molecule has 1 fully saturated rings. The zero-order valence-electron chi connectivity index (χ0n) is 19.8. The predicted molar refractivity (Wildman–Crippen MR) is 133 cm³/mol. The molecule has 0 spiro atoms. The fraction of sp³-hybridized carbons (Fsp3) is 0.185. The van der Waals surface area contributed by atoms with Crippen LogP contribution in [-0.2, 0) is 20.9 Å². The first kappa shape index (κ1) is 24.5. The van der Waals surface area contributed by atoms with E-state index in [2.05, 4.69) is 10.1 Å². The summed E-state index contributed by atoms with van der Waals surface area (Å²) in [5, 5.41) is 2.73. The molecule has 3 aromatic rings. The normalized spacial score (nSPS) is 15.1. The number of esters is 1. The van der Waals surface area contributed by atoms with E-state index in [-0.39, 0.29) is 13.0 Å².